The Kier molecular flexibility index (Phi) is 8.64. The first-order valence-corrected chi connectivity index (χ1v) is 12.6. The van der Waals surface area contributed by atoms with Crippen molar-refractivity contribution in [2.75, 3.05) is 33.5 Å². The summed E-state index contributed by atoms with van der Waals surface area (Å²) in [7, 11) is 1.30. The molecule has 220 valence electrons. The summed E-state index contributed by atoms with van der Waals surface area (Å²) >= 11 is 5.91. The number of hydrogen-bond donors (Lipinski definition) is 4. The van der Waals surface area contributed by atoms with Crippen LogP contribution in [0, 0.1) is 5.82 Å². The summed E-state index contributed by atoms with van der Waals surface area (Å²) in [6.45, 7) is -0.0995. The van der Waals surface area contributed by atoms with Gasteiger partial charge in [-0.05, 0) is 67.2 Å². The normalized spacial score (nSPS) is 17.8. The van der Waals surface area contributed by atoms with Crippen LogP contribution in [0.5, 0.6) is 17.2 Å². The summed E-state index contributed by atoms with van der Waals surface area (Å²) in [6, 6.07) is 9.73. The number of pyridine rings is 1. The lowest BCUT2D eigenvalue weighted by molar-refractivity contribution is -0.265. The number of carbonyl (C=O) groups is 1. The van der Waals surface area contributed by atoms with Crippen LogP contribution >= 0.6 is 11.8 Å². The van der Waals surface area contributed by atoms with Crippen molar-refractivity contribution >= 4 is 17.7 Å². The molecule has 1 amide bonds. The molecule has 4 N–H and O–H groups in total. The average molecular weight is 600 g/mol. The number of ether oxygens (including phenoxy) is 3. The number of amides is 1. The van der Waals surface area contributed by atoms with E-state index in [2.05, 4.69) is 15.1 Å². The number of aliphatic hydroxyl groups excluding tert-OH is 1. The van der Waals surface area contributed by atoms with E-state index in [1.165, 1.54) is 37.4 Å². The van der Waals surface area contributed by atoms with E-state index in [-0.39, 0.29) is 59.5 Å². The van der Waals surface area contributed by atoms with Gasteiger partial charge >= 0.3 is 6.18 Å². The highest BCUT2D eigenvalue weighted by molar-refractivity contribution is 6.14. The topological polar surface area (TPSA) is 122 Å². The number of carbonyl (C=O) groups excluding carboxylic acids is 1. The Morgan fingerprint density at radius 3 is 2.49 bits per heavy atom. The first-order chi connectivity index (χ1) is 19.4. The standard InChI is InChI=1S/C27H26ClF4N3O6/c1-25(35-28)14-41-23-18(25)12-21(34-22(23)15-3-6-17(29)7-4-15)26(38,27(30,31)32)13-33-24(37)16-5-8-19(40-10-9-36)20(11-16)39-2/h3-8,11-12,35-36,38H,9-10,13-14H2,1-2H3,(H,33,37)/t25-,26-/m0/s1. The Bertz CT molecular complexity index is 1430. The van der Waals surface area contributed by atoms with E-state index in [1.54, 1.807) is 6.92 Å². The lowest BCUT2D eigenvalue weighted by Gasteiger charge is -2.31. The van der Waals surface area contributed by atoms with Crippen molar-refractivity contribution in [3.8, 4) is 28.5 Å². The van der Waals surface area contributed by atoms with E-state index in [4.69, 9.17) is 31.1 Å². The van der Waals surface area contributed by atoms with Gasteiger partial charge in [-0.25, -0.2) is 14.2 Å². The SMILES string of the molecule is COc1cc(C(=O)NC[C@](O)(c2cc3c(c(-c4ccc(F)cc4)n2)OC[C@]3(C)NCl)C(F)(F)F)ccc1OCCO. The van der Waals surface area contributed by atoms with E-state index in [9.17, 15) is 27.5 Å². The summed E-state index contributed by atoms with van der Waals surface area (Å²) in [5.41, 5.74) is -5.40. The van der Waals surface area contributed by atoms with E-state index in [0.717, 1.165) is 18.2 Å². The lowest BCUT2D eigenvalue weighted by Crippen LogP contribution is -2.51. The average Bonchev–Trinajstić information content (AvgIpc) is 3.30. The highest BCUT2D eigenvalue weighted by Crippen LogP contribution is 2.47. The molecule has 0 bridgehead atoms. The Balaban J connectivity index is 1.73. The molecule has 0 saturated carbocycles. The molecule has 0 unspecified atom stereocenters. The molecule has 0 radical (unpaired) electrons. The van der Waals surface area contributed by atoms with Crippen LogP contribution in [0.4, 0.5) is 17.6 Å². The zero-order valence-electron chi connectivity index (χ0n) is 21.8. The second-order valence-corrected chi connectivity index (χ2v) is 9.62. The predicted octanol–water partition coefficient (Wildman–Crippen LogP) is 3.80. The van der Waals surface area contributed by atoms with E-state index in [0.29, 0.717) is 0 Å². The molecule has 4 rings (SSSR count). The molecule has 41 heavy (non-hydrogen) atoms. The zero-order chi connectivity index (χ0) is 30.0. The van der Waals surface area contributed by atoms with Crippen molar-refractivity contribution in [3.63, 3.8) is 0 Å². The van der Waals surface area contributed by atoms with Gasteiger partial charge in [0, 0.05) is 16.7 Å². The maximum Gasteiger partial charge on any atom is 0.424 e. The minimum Gasteiger partial charge on any atom is -0.493 e. The molecule has 0 saturated heterocycles. The number of nitrogens with zero attached hydrogens (tertiary/aromatic N) is 1. The van der Waals surface area contributed by atoms with Crippen LogP contribution in [0.2, 0.25) is 0 Å². The molecule has 1 aliphatic rings. The zero-order valence-corrected chi connectivity index (χ0v) is 22.6. The van der Waals surface area contributed by atoms with Gasteiger partial charge < -0.3 is 29.7 Å². The first-order valence-electron chi connectivity index (χ1n) is 12.2. The quantitative estimate of drug-likeness (QED) is 0.205. The van der Waals surface area contributed by atoms with Crippen LogP contribution in [-0.2, 0) is 11.1 Å². The fourth-order valence-corrected chi connectivity index (χ4v) is 4.36. The van der Waals surface area contributed by atoms with Crippen molar-refractivity contribution in [2.24, 2.45) is 0 Å². The summed E-state index contributed by atoms with van der Waals surface area (Å²) in [5.74, 6) is -1.10. The van der Waals surface area contributed by atoms with Crippen LogP contribution < -0.4 is 24.4 Å². The maximum absolute atomic E-state index is 14.5. The number of rotatable bonds is 10. The summed E-state index contributed by atoms with van der Waals surface area (Å²) in [4.78, 5) is 19.5. The smallest absolute Gasteiger partial charge is 0.424 e. The van der Waals surface area contributed by atoms with Gasteiger partial charge in [0.15, 0.2) is 17.2 Å². The third-order valence-electron chi connectivity index (χ3n) is 6.57. The fraction of sp³-hybridized carbons (Fsp3) is 0.333. The molecule has 0 fully saturated rings. The number of halogens is 5. The van der Waals surface area contributed by atoms with Gasteiger partial charge in [0.25, 0.3) is 5.91 Å². The highest BCUT2D eigenvalue weighted by Gasteiger charge is 2.57. The molecule has 1 aliphatic heterocycles. The number of fused-ring (bicyclic) bond motifs is 1. The van der Waals surface area contributed by atoms with Gasteiger partial charge in [0.1, 0.15) is 24.7 Å². The van der Waals surface area contributed by atoms with Gasteiger partial charge in [0.05, 0.1) is 31.5 Å². The monoisotopic (exact) mass is 599 g/mol. The first kappa shape index (κ1) is 30.3. The van der Waals surface area contributed by atoms with E-state index < -0.39 is 41.3 Å². The Morgan fingerprint density at radius 1 is 1.17 bits per heavy atom. The Labute approximate surface area is 237 Å². The van der Waals surface area contributed by atoms with Crippen molar-refractivity contribution in [1.82, 2.24) is 15.1 Å². The third-order valence-corrected chi connectivity index (χ3v) is 6.99. The molecule has 2 heterocycles. The number of alkyl halides is 3. The van der Waals surface area contributed by atoms with Gasteiger partial charge in [-0.1, -0.05) is 0 Å². The molecule has 3 aromatic rings. The molecular formula is C27H26ClF4N3O6. The number of nitrogens with one attached hydrogen (secondary N) is 2. The van der Waals surface area contributed by atoms with Crippen molar-refractivity contribution in [3.05, 3.63) is 71.2 Å². The molecule has 2 atom stereocenters. The Hall–Kier alpha value is -3.65. The lowest BCUT2D eigenvalue weighted by atomic mass is 9.89. The molecule has 0 aliphatic carbocycles. The van der Waals surface area contributed by atoms with Crippen LogP contribution in [0.3, 0.4) is 0 Å². The summed E-state index contributed by atoms with van der Waals surface area (Å²) in [5, 5.41) is 22.2. The Morgan fingerprint density at radius 2 is 1.88 bits per heavy atom. The van der Waals surface area contributed by atoms with Gasteiger partial charge in [-0.2, -0.15) is 13.2 Å². The van der Waals surface area contributed by atoms with Gasteiger partial charge in [-0.15, -0.1) is 0 Å². The van der Waals surface area contributed by atoms with Gasteiger partial charge in [-0.3, -0.25) is 4.79 Å². The van der Waals surface area contributed by atoms with Crippen LogP contribution in [0.15, 0.2) is 48.5 Å². The largest absolute Gasteiger partial charge is 0.493 e. The van der Waals surface area contributed by atoms with Gasteiger partial charge in [0.2, 0.25) is 5.60 Å². The van der Waals surface area contributed by atoms with Crippen molar-refractivity contribution in [2.45, 2.75) is 24.2 Å². The predicted molar refractivity (Wildman–Crippen MR) is 139 cm³/mol. The third kappa shape index (κ3) is 5.89. The molecule has 2 aromatic carbocycles. The molecule has 9 nitrogen and oxygen atoms in total. The summed E-state index contributed by atoms with van der Waals surface area (Å²) < 4.78 is 73.3. The molecular weight excluding hydrogens is 574 g/mol. The minimum atomic E-state index is -5.30. The maximum atomic E-state index is 14.5. The second kappa shape index (κ2) is 11.7. The number of hydrogen-bond acceptors (Lipinski definition) is 8. The van der Waals surface area contributed by atoms with Crippen molar-refractivity contribution in [1.29, 1.82) is 0 Å². The van der Waals surface area contributed by atoms with Crippen LogP contribution in [0.1, 0.15) is 28.5 Å². The number of aromatic nitrogens is 1. The minimum absolute atomic E-state index is 0.0441. The molecule has 0 spiro atoms. The van der Waals surface area contributed by atoms with Crippen LogP contribution in [0.25, 0.3) is 11.3 Å². The van der Waals surface area contributed by atoms with E-state index >= 15 is 0 Å². The summed E-state index contributed by atoms with van der Waals surface area (Å²) in [6.07, 6.45) is -5.30. The highest BCUT2D eigenvalue weighted by atomic mass is 35.5. The molecule has 1 aromatic heterocycles. The number of benzene rings is 2. The molecule has 14 heteroatoms. The fourth-order valence-electron chi connectivity index (χ4n) is 4.21. The second-order valence-electron chi connectivity index (χ2n) is 9.43. The van der Waals surface area contributed by atoms with Crippen LogP contribution in [-0.4, -0.2) is 60.8 Å². The van der Waals surface area contributed by atoms with Crippen molar-refractivity contribution < 1.29 is 46.8 Å². The number of methoxy groups -OCH3 is 1. The number of aliphatic hydroxyl groups is 2. The van der Waals surface area contributed by atoms with E-state index in [1.807, 2.05) is 0 Å².